The van der Waals surface area contributed by atoms with Crippen molar-refractivity contribution in [1.29, 1.82) is 0 Å². The van der Waals surface area contributed by atoms with Gasteiger partial charge in [-0.1, -0.05) is 48.5 Å². The van der Waals surface area contributed by atoms with E-state index in [1.807, 2.05) is 47.8 Å². The summed E-state index contributed by atoms with van der Waals surface area (Å²) < 4.78 is 0. The smallest absolute Gasteiger partial charge is 0.257 e. The van der Waals surface area contributed by atoms with Crippen LogP contribution in [0, 0.1) is 0 Å². The van der Waals surface area contributed by atoms with Crippen LogP contribution < -0.4 is 5.32 Å². The first kappa shape index (κ1) is 13.5. The topological polar surface area (TPSA) is 42.0 Å². The number of carbonyl (C=O) groups is 1. The van der Waals surface area contributed by atoms with Gasteiger partial charge < -0.3 is 0 Å². The summed E-state index contributed by atoms with van der Waals surface area (Å²) in [6, 6.07) is 17.8. The molecular formula is C17H14N2OS. The van der Waals surface area contributed by atoms with Gasteiger partial charge in [0.25, 0.3) is 5.91 Å². The number of anilines is 1. The highest BCUT2D eigenvalue weighted by molar-refractivity contribution is 7.13. The molecular weight excluding hydrogens is 280 g/mol. The van der Waals surface area contributed by atoms with Crippen LogP contribution in [0.25, 0.3) is 0 Å². The summed E-state index contributed by atoms with van der Waals surface area (Å²) in [6.45, 7) is 0. The molecule has 3 rings (SSSR count). The van der Waals surface area contributed by atoms with E-state index in [2.05, 4.69) is 22.4 Å². The molecule has 0 saturated heterocycles. The van der Waals surface area contributed by atoms with Crippen LogP contribution in [0.3, 0.4) is 0 Å². The third-order valence-electron chi connectivity index (χ3n) is 3.15. The number of nitrogens with one attached hydrogen (secondary N) is 1. The highest BCUT2D eigenvalue weighted by Crippen LogP contribution is 2.17. The van der Waals surface area contributed by atoms with Crippen molar-refractivity contribution in [3.8, 4) is 0 Å². The summed E-state index contributed by atoms with van der Waals surface area (Å²) in [6.07, 6.45) is 2.42. The van der Waals surface area contributed by atoms with E-state index in [4.69, 9.17) is 0 Å². The fourth-order valence-electron chi connectivity index (χ4n) is 2.16. The van der Waals surface area contributed by atoms with Crippen LogP contribution in [0.2, 0.25) is 0 Å². The molecule has 0 spiro atoms. The molecule has 4 heteroatoms. The molecule has 0 bridgehead atoms. The fourth-order valence-corrected chi connectivity index (χ4v) is 2.69. The molecule has 21 heavy (non-hydrogen) atoms. The SMILES string of the molecule is O=C(Nc1nccs1)c1ccccc1Cc1ccccc1. The summed E-state index contributed by atoms with van der Waals surface area (Å²) in [5, 5.41) is 5.29. The molecule has 3 aromatic rings. The predicted molar refractivity (Wildman–Crippen MR) is 85.8 cm³/mol. The number of aromatic nitrogens is 1. The Morgan fingerprint density at radius 2 is 1.81 bits per heavy atom. The van der Waals surface area contributed by atoms with E-state index in [9.17, 15) is 4.79 Å². The number of nitrogens with zero attached hydrogens (tertiary/aromatic N) is 1. The summed E-state index contributed by atoms with van der Waals surface area (Å²) in [5.41, 5.74) is 2.89. The van der Waals surface area contributed by atoms with E-state index in [-0.39, 0.29) is 5.91 Å². The van der Waals surface area contributed by atoms with Gasteiger partial charge in [0.1, 0.15) is 0 Å². The van der Waals surface area contributed by atoms with Crippen molar-refractivity contribution in [1.82, 2.24) is 4.98 Å². The first-order chi connectivity index (χ1) is 10.3. The molecule has 0 unspecified atom stereocenters. The van der Waals surface area contributed by atoms with Gasteiger partial charge in [0, 0.05) is 17.1 Å². The molecule has 1 aromatic heterocycles. The molecule has 0 aliphatic carbocycles. The number of hydrogen-bond acceptors (Lipinski definition) is 3. The van der Waals surface area contributed by atoms with E-state index < -0.39 is 0 Å². The maximum absolute atomic E-state index is 12.4. The molecule has 0 saturated carbocycles. The van der Waals surface area contributed by atoms with Crippen LogP contribution in [-0.4, -0.2) is 10.9 Å². The zero-order valence-corrected chi connectivity index (χ0v) is 12.1. The van der Waals surface area contributed by atoms with E-state index in [0.717, 1.165) is 12.0 Å². The number of thiazole rings is 1. The van der Waals surface area contributed by atoms with Crippen molar-refractivity contribution in [2.45, 2.75) is 6.42 Å². The molecule has 0 atom stereocenters. The first-order valence-electron chi connectivity index (χ1n) is 6.65. The van der Waals surface area contributed by atoms with Crippen molar-refractivity contribution in [2.75, 3.05) is 5.32 Å². The first-order valence-corrected chi connectivity index (χ1v) is 7.53. The number of rotatable bonds is 4. The Balaban J connectivity index is 1.84. The molecule has 3 nitrogen and oxygen atoms in total. The van der Waals surface area contributed by atoms with Gasteiger partial charge in [-0.15, -0.1) is 11.3 Å². The van der Waals surface area contributed by atoms with E-state index in [1.54, 1.807) is 6.20 Å². The monoisotopic (exact) mass is 294 g/mol. The summed E-state index contributed by atoms with van der Waals surface area (Å²) in [5.74, 6) is -0.114. The largest absolute Gasteiger partial charge is 0.298 e. The standard InChI is InChI=1S/C17H14N2OS/c20-16(19-17-18-10-11-21-17)15-9-5-4-8-14(15)12-13-6-2-1-3-7-13/h1-11H,12H2,(H,18,19,20). The van der Waals surface area contributed by atoms with Gasteiger partial charge in [-0.25, -0.2) is 4.98 Å². The zero-order valence-electron chi connectivity index (χ0n) is 11.3. The second kappa shape index (κ2) is 6.33. The van der Waals surface area contributed by atoms with Gasteiger partial charge in [0.2, 0.25) is 0 Å². The Morgan fingerprint density at radius 1 is 1.05 bits per heavy atom. The Labute approximate surface area is 127 Å². The van der Waals surface area contributed by atoms with Crippen LogP contribution in [0.5, 0.6) is 0 Å². The van der Waals surface area contributed by atoms with E-state index in [1.165, 1.54) is 16.9 Å². The minimum atomic E-state index is -0.114. The van der Waals surface area contributed by atoms with Crippen LogP contribution in [0.1, 0.15) is 21.5 Å². The highest BCUT2D eigenvalue weighted by atomic mass is 32.1. The van der Waals surface area contributed by atoms with E-state index in [0.29, 0.717) is 10.7 Å². The second-order valence-electron chi connectivity index (χ2n) is 4.61. The van der Waals surface area contributed by atoms with Gasteiger partial charge in [-0.05, 0) is 23.6 Å². The molecule has 1 heterocycles. The number of hydrogen-bond donors (Lipinski definition) is 1. The third-order valence-corrected chi connectivity index (χ3v) is 3.84. The molecule has 2 aromatic carbocycles. The molecule has 0 radical (unpaired) electrons. The maximum atomic E-state index is 12.4. The average molecular weight is 294 g/mol. The van der Waals surface area contributed by atoms with Gasteiger partial charge >= 0.3 is 0 Å². The lowest BCUT2D eigenvalue weighted by atomic mass is 9.99. The van der Waals surface area contributed by atoms with Crippen molar-refractivity contribution >= 4 is 22.4 Å². The lowest BCUT2D eigenvalue weighted by molar-refractivity contribution is 0.102. The number of benzene rings is 2. The minimum Gasteiger partial charge on any atom is -0.298 e. The van der Waals surface area contributed by atoms with Crippen LogP contribution >= 0.6 is 11.3 Å². The maximum Gasteiger partial charge on any atom is 0.257 e. The summed E-state index contributed by atoms with van der Waals surface area (Å²) in [7, 11) is 0. The second-order valence-corrected chi connectivity index (χ2v) is 5.51. The summed E-state index contributed by atoms with van der Waals surface area (Å²) >= 11 is 1.41. The molecule has 0 aliphatic rings. The molecule has 0 aliphatic heterocycles. The van der Waals surface area contributed by atoms with Gasteiger partial charge in [0.15, 0.2) is 5.13 Å². The highest BCUT2D eigenvalue weighted by Gasteiger charge is 2.12. The van der Waals surface area contributed by atoms with Gasteiger partial charge in [0.05, 0.1) is 0 Å². The fraction of sp³-hybridized carbons (Fsp3) is 0.0588. The molecule has 104 valence electrons. The quantitative estimate of drug-likeness (QED) is 0.790. The lowest BCUT2D eigenvalue weighted by Gasteiger charge is -2.09. The van der Waals surface area contributed by atoms with Gasteiger partial charge in [-0.3, -0.25) is 10.1 Å². The lowest BCUT2D eigenvalue weighted by Crippen LogP contribution is -2.14. The Hall–Kier alpha value is -2.46. The van der Waals surface area contributed by atoms with Crippen molar-refractivity contribution in [2.24, 2.45) is 0 Å². The van der Waals surface area contributed by atoms with E-state index >= 15 is 0 Å². The molecule has 0 fully saturated rings. The summed E-state index contributed by atoms with van der Waals surface area (Å²) in [4.78, 5) is 16.5. The zero-order chi connectivity index (χ0) is 14.5. The van der Waals surface area contributed by atoms with Crippen LogP contribution in [0.4, 0.5) is 5.13 Å². The normalized spacial score (nSPS) is 10.3. The number of carbonyl (C=O) groups excluding carboxylic acids is 1. The Morgan fingerprint density at radius 3 is 2.57 bits per heavy atom. The van der Waals surface area contributed by atoms with Crippen molar-refractivity contribution in [3.63, 3.8) is 0 Å². The molecule has 1 amide bonds. The minimum absolute atomic E-state index is 0.114. The van der Waals surface area contributed by atoms with Gasteiger partial charge in [-0.2, -0.15) is 0 Å². The predicted octanol–water partition coefficient (Wildman–Crippen LogP) is 3.99. The van der Waals surface area contributed by atoms with Crippen LogP contribution in [-0.2, 0) is 6.42 Å². The van der Waals surface area contributed by atoms with Crippen molar-refractivity contribution < 1.29 is 4.79 Å². The molecule has 1 N–H and O–H groups in total. The Kier molecular flexibility index (Phi) is 4.07. The third kappa shape index (κ3) is 3.35. The average Bonchev–Trinajstić information content (AvgIpc) is 3.02. The van der Waals surface area contributed by atoms with Crippen molar-refractivity contribution in [3.05, 3.63) is 82.9 Å². The Bertz CT molecular complexity index is 724. The number of amides is 1. The van der Waals surface area contributed by atoms with Crippen LogP contribution in [0.15, 0.2) is 66.2 Å².